The van der Waals surface area contributed by atoms with Crippen molar-refractivity contribution < 1.29 is 9.90 Å². The maximum atomic E-state index is 12.6. The van der Waals surface area contributed by atoms with Crippen LogP contribution in [0, 0.1) is 17.8 Å². The number of aliphatic hydroxyl groups is 1. The molecule has 3 N–H and O–H groups in total. The van der Waals surface area contributed by atoms with Crippen LogP contribution in [0.2, 0.25) is 5.02 Å². The lowest BCUT2D eigenvalue weighted by Gasteiger charge is -2.58. The standard InChI is InChI=1S/C21H29ClN2O2/c1-13(23-7-6-14-2-4-18(22)5-3-14)20(25)24-19-16-8-15-9-17(19)12-21(26,10-15)11-16/h2-5,13,15-17,19,23,26H,6-12H2,1H3,(H,24,25)/t13-,15?,16?,17?,19?,21?/m0/s1. The maximum absolute atomic E-state index is 12.6. The maximum Gasteiger partial charge on any atom is 0.237 e. The largest absolute Gasteiger partial charge is 0.390 e. The van der Waals surface area contributed by atoms with E-state index >= 15 is 0 Å². The number of halogens is 1. The Hall–Kier alpha value is -1.10. The zero-order valence-corrected chi connectivity index (χ0v) is 16.1. The molecule has 4 saturated carbocycles. The van der Waals surface area contributed by atoms with E-state index in [9.17, 15) is 9.90 Å². The van der Waals surface area contributed by atoms with Gasteiger partial charge >= 0.3 is 0 Å². The van der Waals surface area contributed by atoms with Crippen molar-refractivity contribution in [3.8, 4) is 0 Å². The molecule has 0 aliphatic heterocycles. The van der Waals surface area contributed by atoms with Gasteiger partial charge in [-0.2, -0.15) is 0 Å². The molecule has 4 aliphatic carbocycles. The SMILES string of the molecule is C[C@H](NCCc1ccc(Cl)cc1)C(=O)NC1C2CC3CC1CC(O)(C3)C2. The molecule has 4 nitrogen and oxygen atoms in total. The van der Waals surface area contributed by atoms with Crippen LogP contribution in [0.4, 0.5) is 0 Å². The zero-order chi connectivity index (χ0) is 18.3. The smallest absolute Gasteiger partial charge is 0.237 e. The van der Waals surface area contributed by atoms with E-state index in [1.54, 1.807) is 0 Å². The topological polar surface area (TPSA) is 61.4 Å². The summed E-state index contributed by atoms with van der Waals surface area (Å²) >= 11 is 5.91. The molecule has 1 aromatic rings. The average molecular weight is 377 g/mol. The van der Waals surface area contributed by atoms with Crippen molar-refractivity contribution in [2.45, 2.75) is 63.1 Å². The van der Waals surface area contributed by atoms with Crippen LogP contribution in [0.3, 0.4) is 0 Å². The highest BCUT2D eigenvalue weighted by Crippen LogP contribution is 2.55. The fourth-order valence-electron chi connectivity index (χ4n) is 5.68. The van der Waals surface area contributed by atoms with Gasteiger partial charge in [0.2, 0.25) is 5.91 Å². The number of hydrogen-bond acceptors (Lipinski definition) is 3. The Bertz CT molecular complexity index is 646. The quantitative estimate of drug-likeness (QED) is 0.715. The van der Waals surface area contributed by atoms with E-state index in [2.05, 4.69) is 10.6 Å². The number of carbonyl (C=O) groups is 1. The fraction of sp³-hybridized carbons (Fsp3) is 0.667. The van der Waals surface area contributed by atoms with Gasteiger partial charge in [0.25, 0.3) is 0 Å². The third kappa shape index (κ3) is 3.78. The second-order valence-electron chi connectivity index (χ2n) is 8.78. The first-order valence-electron chi connectivity index (χ1n) is 9.92. The predicted molar refractivity (Wildman–Crippen MR) is 103 cm³/mol. The molecule has 4 fully saturated rings. The van der Waals surface area contributed by atoms with Crippen LogP contribution in [0.15, 0.2) is 24.3 Å². The molecule has 142 valence electrons. The van der Waals surface area contributed by atoms with Gasteiger partial charge in [0.05, 0.1) is 11.6 Å². The van der Waals surface area contributed by atoms with Crippen LogP contribution in [0.1, 0.15) is 44.6 Å². The van der Waals surface area contributed by atoms with Gasteiger partial charge in [-0.25, -0.2) is 0 Å². The fourth-order valence-corrected chi connectivity index (χ4v) is 5.81. The Labute approximate surface area is 160 Å². The monoisotopic (exact) mass is 376 g/mol. The van der Waals surface area contributed by atoms with Crippen LogP contribution in [-0.2, 0) is 11.2 Å². The molecule has 0 spiro atoms. The average Bonchev–Trinajstić information content (AvgIpc) is 2.58. The first kappa shape index (κ1) is 18.3. The van der Waals surface area contributed by atoms with Crippen LogP contribution < -0.4 is 10.6 Å². The summed E-state index contributed by atoms with van der Waals surface area (Å²) in [5, 5.41) is 18.1. The van der Waals surface area contributed by atoms with Gasteiger partial charge in [-0.05, 0) is 87.4 Å². The van der Waals surface area contributed by atoms with E-state index in [4.69, 9.17) is 11.6 Å². The molecular weight excluding hydrogens is 348 g/mol. The lowest BCUT2D eigenvalue weighted by atomic mass is 9.52. The van der Waals surface area contributed by atoms with Gasteiger partial charge < -0.3 is 15.7 Å². The van der Waals surface area contributed by atoms with E-state index in [0.717, 1.165) is 37.3 Å². The van der Waals surface area contributed by atoms with E-state index in [1.807, 2.05) is 31.2 Å². The zero-order valence-electron chi connectivity index (χ0n) is 15.4. The highest BCUT2D eigenvalue weighted by Gasteiger charge is 2.55. The van der Waals surface area contributed by atoms with Crippen molar-refractivity contribution in [3.05, 3.63) is 34.9 Å². The van der Waals surface area contributed by atoms with E-state index in [0.29, 0.717) is 17.8 Å². The Kier molecular flexibility index (Phi) is 5.02. The van der Waals surface area contributed by atoms with Gasteiger partial charge in [-0.3, -0.25) is 4.79 Å². The van der Waals surface area contributed by atoms with Gasteiger partial charge in [0.1, 0.15) is 0 Å². The van der Waals surface area contributed by atoms with Crippen molar-refractivity contribution in [3.63, 3.8) is 0 Å². The van der Waals surface area contributed by atoms with Crippen LogP contribution in [0.5, 0.6) is 0 Å². The molecule has 5 rings (SSSR count). The summed E-state index contributed by atoms with van der Waals surface area (Å²) in [6.45, 7) is 2.69. The van der Waals surface area contributed by atoms with Gasteiger partial charge in [-0.15, -0.1) is 0 Å². The molecule has 4 bridgehead atoms. The molecule has 0 heterocycles. The number of nitrogens with one attached hydrogen (secondary N) is 2. The Morgan fingerprint density at radius 3 is 2.50 bits per heavy atom. The van der Waals surface area contributed by atoms with E-state index in [-0.39, 0.29) is 18.0 Å². The summed E-state index contributed by atoms with van der Waals surface area (Å²) in [5.74, 6) is 1.67. The Balaban J connectivity index is 1.26. The first-order chi connectivity index (χ1) is 12.4. The molecule has 0 saturated heterocycles. The molecule has 1 aromatic carbocycles. The first-order valence-corrected chi connectivity index (χ1v) is 10.3. The van der Waals surface area contributed by atoms with Crippen molar-refractivity contribution in [2.24, 2.45) is 17.8 Å². The number of rotatable bonds is 6. The van der Waals surface area contributed by atoms with E-state index < -0.39 is 5.60 Å². The van der Waals surface area contributed by atoms with Crippen LogP contribution >= 0.6 is 11.6 Å². The lowest BCUT2D eigenvalue weighted by molar-refractivity contribution is -0.147. The summed E-state index contributed by atoms with van der Waals surface area (Å²) < 4.78 is 0. The van der Waals surface area contributed by atoms with Crippen LogP contribution in [0.25, 0.3) is 0 Å². The van der Waals surface area contributed by atoms with Gasteiger partial charge in [-0.1, -0.05) is 23.7 Å². The van der Waals surface area contributed by atoms with E-state index in [1.165, 1.54) is 18.4 Å². The van der Waals surface area contributed by atoms with Crippen molar-refractivity contribution in [1.82, 2.24) is 10.6 Å². The molecule has 1 amide bonds. The number of carbonyl (C=O) groups excluding carboxylic acids is 1. The van der Waals surface area contributed by atoms with Gasteiger partial charge in [0.15, 0.2) is 0 Å². The minimum atomic E-state index is -0.444. The minimum Gasteiger partial charge on any atom is -0.390 e. The third-order valence-electron chi connectivity index (χ3n) is 6.72. The molecule has 2 unspecified atom stereocenters. The van der Waals surface area contributed by atoms with Crippen molar-refractivity contribution >= 4 is 17.5 Å². The summed E-state index contributed by atoms with van der Waals surface area (Å²) in [4.78, 5) is 12.6. The summed E-state index contributed by atoms with van der Waals surface area (Å²) in [7, 11) is 0. The highest BCUT2D eigenvalue weighted by molar-refractivity contribution is 6.30. The number of hydrogen-bond donors (Lipinski definition) is 3. The number of amides is 1. The molecular formula is C21H29ClN2O2. The minimum absolute atomic E-state index is 0.0885. The Morgan fingerprint density at radius 1 is 1.23 bits per heavy atom. The molecule has 26 heavy (non-hydrogen) atoms. The second-order valence-corrected chi connectivity index (χ2v) is 9.22. The molecule has 0 radical (unpaired) electrons. The molecule has 4 aliphatic rings. The summed E-state index contributed by atoms with van der Waals surface area (Å²) in [6, 6.07) is 7.88. The molecule has 3 atom stereocenters. The normalized spacial score (nSPS) is 36.1. The number of benzene rings is 1. The second kappa shape index (κ2) is 7.14. The van der Waals surface area contributed by atoms with Gasteiger partial charge in [0, 0.05) is 11.1 Å². The third-order valence-corrected chi connectivity index (χ3v) is 6.97. The van der Waals surface area contributed by atoms with Crippen LogP contribution in [-0.4, -0.2) is 35.2 Å². The molecule has 5 heteroatoms. The Morgan fingerprint density at radius 2 is 1.88 bits per heavy atom. The summed E-state index contributed by atoms with van der Waals surface area (Å²) in [5.41, 5.74) is 0.768. The lowest BCUT2D eigenvalue weighted by Crippen LogP contribution is -2.63. The highest BCUT2D eigenvalue weighted by atomic mass is 35.5. The summed E-state index contributed by atoms with van der Waals surface area (Å²) in [6.07, 6.45) is 5.92. The molecule has 0 aromatic heterocycles. The predicted octanol–water partition coefficient (Wildman–Crippen LogP) is 2.92. The van der Waals surface area contributed by atoms with Crippen molar-refractivity contribution in [1.29, 1.82) is 0 Å². The van der Waals surface area contributed by atoms with Crippen molar-refractivity contribution in [2.75, 3.05) is 6.54 Å².